The molecule has 168 valence electrons. The zero-order valence-corrected chi connectivity index (χ0v) is 19.4. The van der Waals surface area contributed by atoms with Crippen molar-refractivity contribution in [2.75, 3.05) is 26.7 Å². The number of amides is 1. The first-order chi connectivity index (χ1) is 15.2. The lowest BCUT2D eigenvalue weighted by molar-refractivity contribution is 0.0693. The van der Waals surface area contributed by atoms with E-state index in [4.69, 9.17) is 11.6 Å². The van der Waals surface area contributed by atoms with Crippen LogP contribution in [0.25, 0.3) is 21.9 Å². The Morgan fingerprint density at radius 1 is 1.16 bits per heavy atom. The molecule has 0 spiro atoms. The van der Waals surface area contributed by atoms with Crippen LogP contribution in [0.4, 0.5) is 0 Å². The van der Waals surface area contributed by atoms with Crippen molar-refractivity contribution in [3.63, 3.8) is 0 Å². The zero-order valence-electron chi connectivity index (χ0n) is 17.9. The molecule has 1 saturated heterocycles. The maximum absolute atomic E-state index is 13.4. The predicted molar refractivity (Wildman–Crippen MR) is 130 cm³/mol. The van der Waals surface area contributed by atoms with E-state index >= 15 is 0 Å². The molecule has 0 bridgehead atoms. The summed E-state index contributed by atoms with van der Waals surface area (Å²) in [4.78, 5) is 15.4. The van der Waals surface area contributed by atoms with Gasteiger partial charge in [-0.2, -0.15) is 0 Å². The van der Waals surface area contributed by atoms with Crippen LogP contribution in [0, 0.1) is 0 Å². The number of nitrogens with zero attached hydrogens (tertiary/aromatic N) is 5. The maximum atomic E-state index is 13.4. The average Bonchev–Trinajstić information content (AvgIpc) is 3.39. The molecule has 0 unspecified atom stereocenters. The standard InChI is InChI=1S/C23H25ClN6O.ClH/c1-25-10-13-29-15-19(18-7-6-16(24)14-22(18)29)23(31)28-11-8-17(9-12-28)30-21-5-3-2-4-20(21)26-27-30;/h2-7,14-15,17,25H,8-13H2,1H3;1H. The largest absolute Gasteiger partial charge is 0.345 e. The second-order valence-corrected chi connectivity index (χ2v) is 8.48. The number of para-hydroxylation sites is 1. The highest BCUT2D eigenvalue weighted by Gasteiger charge is 2.28. The van der Waals surface area contributed by atoms with Gasteiger partial charge in [-0.15, -0.1) is 17.5 Å². The van der Waals surface area contributed by atoms with Crippen molar-refractivity contribution in [1.29, 1.82) is 0 Å². The first-order valence-electron chi connectivity index (χ1n) is 10.7. The van der Waals surface area contributed by atoms with Crippen molar-refractivity contribution >= 4 is 51.9 Å². The van der Waals surface area contributed by atoms with Crippen molar-refractivity contribution in [3.8, 4) is 0 Å². The summed E-state index contributed by atoms with van der Waals surface area (Å²) in [5, 5.41) is 13.4. The van der Waals surface area contributed by atoms with Gasteiger partial charge in [0.15, 0.2) is 0 Å². The molecule has 4 aromatic rings. The molecule has 1 amide bonds. The number of fused-ring (bicyclic) bond motifs is 2. The Bertz CT molecular complexity index is 1240. The number of hydrogen-bond donors (Lipinski definition) is 1. The Hall–Kier alpha value is -2.61. The third-order valence-corrected chi connectivity index (χ3v) is 6.39. The number of nitrogens with one attached hydrogen (secondary N) is 1. The number of hydrogen-bond acceptors (Lipinski definition) is 4. The Morgan fingerprint density at radius 3 is 2.72 bits per heavy atom. The van der Waals surface area contributed by atoms with Crippen LogP contribution in [0.15, 0.2) is 48.7 Å². The van der Waals surface area contributed by atoms with Gasteiger partial charge in [0.2, 0.25) is 0 Å². The number of likely N-dealkylation sites (N-methyl/N-ethyl adjacent to an activating group) is 1. The van der Waals surface area contributed by atoms with Gasteiger partial charge in [0.25, 0.3) is 5.91 Å². The number of likely N-dealkylation sites (tertiary alicyclic amines) is 1. The van der Waals surface area contributed by atoms with Crippen LogP contribution in [0.2, 0.25) is 5.02 Å². The van der Waals surface area contributed by atoms with E-state index in [1.807, 2.05) is 59.2 Å². The Labute approximate surface area is 197 Å². The van der Waals surface area contributed by atoms with Crippen LogP contribution in [0.5, 0.6) is 0 Å². The molecule has 0 aliphatic carbocycles. The van der Waals surface area contributed by atoms with Crippen molar-refractivity contribution in [2.45, 2.75) is 25.4 Å². The number of rotatable bonds is 5. The van der Waals surface area contributed by atoms with Crippen LogP contribution in [0.1, 0.15) is 29.2 Å². The molecule has 0 radical (unpaired) electrons. The lowest BCUT2D eigenvalue weighted by atomic mass is 10.0. The lowest BCUT2D eigenvalue weighted by Gasteiger charge is -2.32. The van der Waals surface area contributed by atoms with Gasteiger partial charge in [-0.05, 0) is 44.2 Å². The molecule has 0 atom stereocenters. The van der Waals surface area contributed by atoms with Crippen LogP contribution in [0.3, 0.4) is 0 Å². The summed E-state index contributed by atoms with van der Waals surface area (Å²) in [6.45, 7) is 3.01. The molecule has 1 fully saturated rings. The summed E-state index contributed by atoms with van der Waals surface area (Å²) in [6.07, 6.45) is 3.70. The third kappa shape index (κ3) is 4.08. The fraction of sp³-hybridized carbons (Fsp3) is 0.348. The summed E-state index contributed by atoms with van der Waals surface area (Å²) in [7, 11) is 1.92. The highest BCUT2D eigenvalue weighted by Crippen LogP contribution is 2.29. The number of carbonyl (C=O) groups is 1. The number of benzene rings is 2. The fourth-order valence-corrected chi connectivity index (χ4v) is 4.66. The Kier molecular flexibility index (Phi) is 6.69. The normalized spacial score (nSPS) is 14.8. The van der Waals surface area contributed by atoms with Gasteiger partial charge in [-0.1, -0.05) is 35.0 Å². The monoisotopic (exact) mass is 472 g/mol. The Balaban J connectivity index is 0.00000245. The van der Waals surface area contributed by atoms with E-state index in [2.05, 4.69) is 26.3 Å². The highest BCUT2D eigenvalue weighted by atomic mass is 35.5. The van der Waals surface area contributed by atoms with Gasteiger partial charge in [0.05, 0.1) is 22.6 Å². The van der Waals surface area contributed by atoms with Gasteiger partial charge in [-0.3, -0.25) is 4.79 Å². The van der Waals surface area contributed by atoms with Crippen LogP contribution >= 0.6 is 24.0 Å². The number of carbonyl (C=O) groups excluding carboxylic acids is 1. The molecule has 5 rings (SSSR count). The molecule has 32 heavy (non-hydrogen) atoms. The number of piperidine rings is 1. The van der Waals surface area contributed by atoms with Gasteiger partial charge in [0.1, 0.15) is 5.52 Å². The van der Waals surface area contributed by atoms with Crippen molar-refractivity contribution < 1.29 is 4.79 Å². The summed E-state index contributed by atoms with van der Waals surface area (Å²) < 4.78 is 4.13. The van der Waals surface area contributed by atoms with Gasteiger partial charge < -0.3 is 14.8 Å². The molecule has 3 heterocycles. The SMILES string of the molecule is CNCCn1cc(C(=O)N2CCC(n3nnc4ccccc43)CC2)c2ccc(Cl)cc21.Cl. The molecule has 2 aromatic heterocycles. The maximum Gasteiger partial charge on any atom is 0.256 e. The number of halogens is 2. The van der Waals surface area contributed by atoms with Gasteiger partial charge in [0, 0.05) is 42.8 Å². The van der Waals surface area contributed by atoms with Gasteiger partial charge >= 0.3 is 0 Å². The topological polar surface area (TPSA) is 68.0 Å². The predicted octanol–water partition coefficient (Wildman–Crippen LogP) is 4.16. The third-order valence-electron chi connectivity index (χ3n) is 6.15. The van der Waals surface area contributed by atoms with E-state index in [-0.39, 0.29) is 24.4 Å². The van der Waals surface area contributed by atoms with E-state index in [9.17, 15) is 4.79 Å². The van der Waals surface area contributed by atoms with Crippen molar-refractivity contribution in [2.24, 2.45) is 0 Å². The quantitative estimate of drug-likeness (QED) is 0.473. The molecule has 7 nitrogen and oxygen atoms in total. The van der Waals surface area contributed by atoms with Crippen LogP contribution in [-0.4, -0.2) is 57.1 Å². The highest BCUT2D eigenvalue weighted by molar-refractivity contribution is 6.31. The fourth-order valence-electron chi connectivity index (χ4n) is 4.49. The van der Waals surface area contributed by atoms with Crippen LogP contribution in [-0.2, 0) is 6.54 Å². The minimum atomic E-state index is 0. The Morgan fingerprint density at radius 2 is 1.94 bits per heavy atom. The zero-order chi connectivity index (χ0) is 21.4. The molecule has 0 saturated carbocycles. The number of aromatic nitrogens is 4. The summed E-state index contributed by atoms with van der Waals surface area (Å²) in [5.74, 6) is 0.0810. The smallest absolute Gasteiger partial charge is 0.256 e. The van der Waals surface area contributed by atoms with Crippen molar-refractivity contribution in [1.82, 2.24) is 29.8 Å². The van der Waals surface area contributed by atoms with Crippen LogP contribution < -0.4 is 5.32 Å². The van der Waals surface area contributed by atoms with E-state index < -0.39 is 0 Å². The minimum absolute atomic E-state index is 0. The van der Waals surface area contributed by atoms with E-state index in [0.29, 0.717) is 18.1 Å². The van der Waals surface area contributed by atoms with E-state index in [0.717, 1.165) is 53.4 Å². The molecule has 1 aliphatic rings. The average molecular weight is 473 g/mol. The van der Waals surface area contributed by atoms with Crippen molar-refractivity contribution in [3.05, 3.63) is 59.2 Å². The first-order valence-corrected chi connectivity index (χ1v) is 11.1. The molecule has 2 aromatic carbocycles. The lowest BCUT2D eigenvalue weighted by Crippen LogP contribution is -2.39. The second-order valence-electron chi connectivity index (χ2n) is 8.05. The molecule has 1 N–H and O–H groups in total. The first kappa shape index (κ1) is 22.6. The summed E-state index contributed by atoms with van der Waals surface area (Å²) >= 11 is 6.23. The second kappa shape index (κ2) is 9.48. The van der Waals surface area contributed by atoms with E-state index in [1.165, 1.54) is 0 Å². The molecular weight excluding hydrogens is 447 g/mol. The van der Waals surface area contributed by atoms with E-state index in [1.54, 1.807) is 0 Å². The summed E-state index contributed by atoms with van der Waals surface area (Å²) in [5.41, 5.74) is 3.70. The van der Waals surface area contributed by atoms with Gasteiger partial charge in [-0.25, -0.2) is 4.68 Å². The summed E-state index contributed by atoms with van der Waals surface area (Å²) in [6, 6.07) is 14.0. The molecule has 9 heteroatoms. The molecule has 1 aliphatic heterocycles. The molecular formula is C23H26Cl2N6O. The minimum Gasteiger partial charge on any atom is -0.345 e.